The van der Waals surface area contributed by atoms with Gasteiger partial charge in [-0.15, -0.1) is 0 Å². The zero-order valence-electron chi connectivity index (χ0n) is 10.4. The molecule has 3 heteroatoms. The van der Waals surface area contributed by atoms with Crippen LogP contribution in [0.4, 0.5) is 0 Å². The quantitative estimate of drug-likeness (QED) is 0.800. The highest BCUT2D eigenvalue weighted by molar-refractivity contribution is 5.03. The van der Waals surface area contributed by atoms with Crippen LogP contribution in [0, 0.1) is 5.92 Å². The first-order valence-corrected chi connectivity index (χ1v) is 6.52. The summed E-state index contributed by atoms with van der Waals surface area (Å²) in [5.41, 5.74) is 1.31. The van der Waals surface area contributed by atoms with E-state index in [4.69, 9.17) is 0 Å². The van der Waals surface area contributed by atoms with E-state index in [-0.39, 0.29) is 0 Å². The van der Waals surface area contributed by atoms with Crippen molar-refractivity contribution in [1.29, 1.82) is 0 Å². The maximum Gasteiger partial charge on any atom is 0.0534 e. The van der Waals surface area contributed by atoms with Crippen molar-refractivity contribution in [1.82, 2.24) is 15.1 Å². The summed E-state index contributed by atoms with van der Waals surface area (Å²) in [6.45, 7) is 6.49. The molecule has 1 aliphatic rings. The predicted molar refractivity (Wildman–Crippen MR) is 66.2 cm³/mol. The van der Waals surface area contributed by atoms with Crippen LogP contribution in [0.3, 0.4) is 0 Å². The van der Waals surface area contributed by atoms with Crippen LogP contribution in [-0.4, -0.2) is 15.8 Å². The maximum atomic E-state index is 4.42. The molecule has 1 heterocycles. The Morgan fingerprint density at radius 2 is 2.38 bits per heavy atom. The van der Waals surface area contributed by atoms with E-state index in [0.717, 1.165) is 19.0 Å². The van der Waals surface area contributed by atoms with E-state index in [9.17, 15) is 0 Å². The molecule has 2 rings (SSSR count). The molecular weight excluding hydrogens is 198 g/mol. The van der Waals surface area contributed by atoms with Crippen LogP contribution in [-0.2, 0) is 13.1 Å². The van der Waals surface area contributed by atoms with Crippen molar-refractivity contribution in [3.8, 4) is 0 Å². The SMILES string of the molecule is CCC(C)NCc1cnn(CC2CCC2)c1. The molecule has 0 spiro atoms. The summed E-state index contributed by atoms with van der Waals surface area (Å²) in [6.07, 6.45) is 9.55. The summed E-state index contributed by atoms with van der Waals surface area (Å²) in [7, 11) is 0. The molecule has 0 bridgehead atoms. The summed E-state index contributed by atoms with van der Waals surface area (Å²) < 4.78 is 2.11. The number of nitrogens with zero attached hydrogens (tertiary/aromatic N) is 2. The first kappa shape index (κ1) is 11.6. The summed E-state index contributed by atoms with van der Waals surface area (Å²) >= 11 is 0. The normalized spacial score (nSPS) is 18.4. The molecule has 1 aromatic rings. The molecule has 1 unspecified atom stereocenters. The molecule has 1 fully saturated rings. The topological polar surface area (TPSA) is 29.9 Å². The van der Waals surface area contributed by atoms with Crippen molar-refractivity contribution in [3.05, 3.63) is 18.0 Å². The van der Waals surface area contributed by atoms with Crippen molar-refractivity contribution >= 4 is 0 Å². The Kier molecular flexibility index (Phi) is 3.99. The Morgan fingerprint density at radius 1 is 1.56 bits per heavy atom. The van der Waals surface area contributed by atoms with Crippen LogP contribution in [0.5, 0.6) is 0 Å². The lowest BCUT2D eigenvalue weighted by atomic mass is 9.85. The van der Waals surface area contributed by atoms with E-state index in [0.29, 0.717) is 6.04 Å². The molecule has 1 N–H and O–H groups in total. The molecule has 1 atom stereocenters. The minimum absolute atomic E-state index is 0.593. The Balaban J connectivity index is 1.77. The number of hydrogen-bond donors (Lipinski definition) is 1. The van der Waals surface area contributed by atoms with E-state index >= 15 is 0 Å². The van der Waals surface area contributed by atoms with Crippen molar-refractivity contribution in [2.45, 2.75) is 58.7 Å². The van der Waals surface area contributed by atoms with Gasteiger partial charge in [0.25, 0.3) is 0 Å². The highest BCUT2D eigenvalue weighted by atomic mass is 15.3. The molecule has 0 aromatic carbocycles. The molecule has 16 heavy (non-hydrogen) atoms. The molecule has 1 aliphatic carbocycles. The van der Waals surface area contributed by atoms with Gasteiger partial charge < -0.3 is 5.32 Å². The Labute approximate surface area is 98.2 Å². The van der Waals surface area contributed by atoms with Crippen LogP contribution >= 0.6 is 0 Å². The molecule has 0 amide bonds. The Morgan fingerprint density at radius 3 is 3.00 bits per heavy atom. The highest BCUT2D eigenvalue weighted by Gasteiger charge is 2.17. The lowest BCUT2D eigenvalue weighted by molar-refractivity contribution is 0.266. The van der Waals surface area contributed by atoms with Crippen LogP contribution in [0.2, 0.25) is 0 Å². The monoisotopic (exact) mass is 221 g/mol. The van der Waals surface area contributed by atoms with E-state index < -0.39 is 0 Å². The second kappa shape index (κ2) is 5.48. The minimum atomic E-state index is 0.593. The number of rotatable bonds is 6. The third-order valence-electron chi connectivity index (χ3n) is 3.62. The van der Waals surface area contributed by atoms with Crippen molar-refractivity contribution in [2.24, 2.45) is 5.92 Å². The highest BCUT2D eigenvalue weighted by Crippen LogP contribution is 2.27. The average molecular weight is 221 g/mol. The molecule has 3 nitrogen and oxygen atoms in total. The zero-order chi connectivity index (χ0) is 11.4. The number of aromatic nitrogens is 2. The fourth-order valence-electron chi connectivity index (χ4n) is 1.97. The predicted octanol–water partition coefficient (Wildman–Crippen LogP) is 2.57. The Hall–Kier alpha value is -0.830. The van der Waals surface area contributed by atoms with Crippen LogP contribution < -0.4 is 5.32 Å². The molecule has 1 saturated carbocycles. The summed E-state index contributed by atoms with van der Waals surface area (Å²) in [5, 5.41) is 7.91. The maximum absolute atomic E-state index is 4.42. The number of nitrogens with one attached hydrogen (secondary N) is 1. The zero-order valence-corrected chi connectivity index (χ0v) is 10.4. The smallest absolute Gasteiger partial charge is 0.0534 e. The molecule has 1 aromatic heterocycles. The van der Waals surface area contributed by atoms with Gasteiger partial charge in [0.05, 0.1) is 6.20 Å². The van der Waals surface area contributed by atoms with Crippen LogP contribution in [0.15, 0.2) is 12.4 Å². The van der Waals surface area contributed by atoms with Gasteiger partial charge in [0, 0.05) is 30.9 Å². The van der Waals surface area contributed by atoms with Gasteiger partial charge in [-0.25, -0.2) is 0 Å². The first-order chi connectivity index (χ1) is 7.78. The Bertz CT molecular complexity index is 315. The third-order valence-corrected chi connectivity index (χ3v) is 3.62. The molecule has 0 aliphatic heterocycles. The second-order valence-electron chi connectivity index (χ2n) is 5.06. The largest absolute Gasteiger partial charge is 0.310 e. The fourth-order valence-corrected chi connectivity index (χ4v) is 1.97. The van der Waals surface area contributed by atoms with Gasteiger partial charge in [0.2, 0.25) is 0 Å². The van der Waals surface area contributed by atoms with Crippen molar-refractivity contribution in [3.63, 3.8) is 0 Å². The molecule has 0 radical (unpaired) electrons. The van der Waals surface area contributed by atoms with Gasteiger partial charge in [0.1, 0.15) is 0 Å². The number of hydrogen-bond acceptors (Lipinski definition) is 2. The van der Waals surface area contributed by atoms with Gasteiger partial charge >= 0.3 is 0 Å². The van der Waals surface area contributed by atoms with E-state index in [1.807, 2.05) is 6.20 Å². The fraction of sp³-hybridized carbons (Fsp3) is 0.769. The van der Waals surface area contributed by atoms with Crippen LogP contribution in [0.1, 0.15) is 45.1 Å². The van der Waals surface area contributed by atoms with Gasteiger partial charge in [0.15, 0.2) is 0 Å². The van der Waals surface area contributed by atoms with E-state index in [1.54, 1.807) is 0 Å². The molecular formula is C13H23N3. The van der Waals surface area contributed by atoms with Gasteiger partial charge in [-0.3, -0.25) is 4.68 Å². The molecule has 0 saturated heterocycles. The van der Waals surface area contributed by atoms with Crippen molar-refractivity contribution in [2.75, 3.05) is 0 Å². The van der Waals surface area contributed by atoms with E-state index in [1.165, 1.54) is 31.2 Å². The summed E-state index contributed by atoms with van der Waals surface area (Å²) in [5.74, 6) is 0.885. The van der Waals surface area contributed by atoms with E-state index in [2.05, 4.69) is 35.1 Å². The second-order valence-corrected chi connectivity index (χ2v) is 5.06. The van der Waals surface area contributed by atoms with Crippen molar-refractivity contribution < 1.29 is 0 Å². The molecule has 90 valence electrons. The average Bonchev–Trinajstić information content (AvgIpc) is 2.68. The summed E-state index contributed by atoms with van der Waals surface area (Å²) in [6, 6.07) is 0.593. The van der Waals surface area contributed by atoms with Crippen LogP contribution in [0.25, 0.3) is 0 Å². The minimum Gasteiger partial charge on any atom is -0.310 e. The summed E-state index contributed by atoms with van der Waals surface area (Å²) in [4.78, 5) is 0. The standard InChI is InChI=1S/C13H23N3/c1-3-11(2)14-7-13-8-15-16(10-13)9-12-5-4-6-12/h8,10-12,14H,3-7,9H2,1-2H3. The lowest BCUT2D eigenvalue weighted by Crippen LogP contribution is -2.24. The first-order valence-electron chi connectivity index (χ1n) is 6.52. The lowest BCUT2D eigenvalue weighted by Gasteiger charge is -2.24. The van der Waals surface area contributed by atoms with Gasteiger partial charge in [-0.1, -0.05) is 13.3 Å². The third kappa shape index (κ3) is 3.08. The van der Waals surface area contributed by atoms with Gasteiger partial charge in [-0.2, -0.15) is 5.10 Å². The van der Waals surface area contributed by atoms with Gasteiger partial charge in [-0.05, 0) is 32.1 Å².